The zero-order valence-corrected chi connectivity index (χ0v) is 7.15. The maximum atomic E-state index is 11.8. The van der Waals surface area contributed by atoms with Crippen LogP contribution in [-0.4, -0.2) is 30.0 Å². The van der Waals surface area contributed by atoms with Crippen LogP contribution in [0.2, 0.25) is 0 Å². The second kappa shape index (κ2) is 4.67. The second-order valence-corrected chi connectivity index (χ2v) is 2.97. The van der Waals surface area contributed by atoms with Gasteiger partial charge in [-0.2, -0.15) is 13.2 Å². The normalized spacial score (nSPS) is 17.5. The quantitative estimate of drug-likeness (QED) is 0.691. The van der Waals surface area contributed by atoms with Gasteiger partial charge in [0.2, 0.25) is 0 Å². The lowest BCUT2D eigenvalue weighted by atomic mass is 10.2. The lowest BCUT2D eigenvalue weighted by Gasteiger charge is -2.19. The molecular formula is C7H14F3NO. The van der Waals surface area contributed by atoms with Gasteiger partial charge < -0.3 is 10.4 Å². The largest absolute Gasteiger partial charge is 0.395 e. The first-order chi connectivity index (χ1) is 5.35. The van der Waals surface area contributed by atoms with Crippen molar-refractivity contribution in [1.82, 2.24) is 5.32 Å². The predicted molar refractivity (Wildman–Crippen MR) is 39.8 cm³/mol. The first-order valence-electron chi connectivity index (χ1n) is 3.79. The van der Waals surface area contributed by atoms with E-state index < -0.39 is 18.6 Å². The Labute approximate surface area is 69.8 Å². The lowest BCUT2D eigenvalue weighted by molar-refractivity contribution is -0.139. The number of aliphatic hydroxyl groups excluding tert-OH is 1. The van der Waals surface area contributed by atoms with E-state index in [1.54, 1.807) is 6.92 Å². The minimum atomic E-state index is -4.14. The van der Waals surface area contributed by atoms with Crippen LogP contribution in [0.5, 0.6) is 0 Å². The Kier molecular flexibility index (Phi) is 4.55. The van der Waals surface area contributed by atoms with E-state index in [1.807, 2.05) is 0 Å². The fourth-order valence-electron chi connectivity index (χ4n) is 0.945. The fraction of sp³-hybridized carbons (Fsp3) is 1.00. The molecule has 5 heteroatoms. The highest BCUT2D eigenvalue weighted by Crippen LogP contribution is 2.21. The predicted octanol–water partition coefficient (Wildman–Crippen LogP) is 1.30. The van der Waals surface area contributed by atoms with E-state index in [0.717, 1.165) is 0 Å². The van der Waals surface area contributed by atoms with Gasteiger partial charge in [-0.1, -0.05) is 0 Å². The number of hydrogen-bond acceptors (Lipinski definition) is 2. The van der Waals surface area contributed by atoms with Gasteiger partial charge in [0.25, 0.3) is 0 Å². The van der Waals surface area contributed by atoms with Crippen molar-refractivity contribution in [2.24, 2.45) is 0 Å². The van der Waals surface area contributed by atoms with E-state index in [1.165, 1.54) is 6.92 Å². The number of halogens is 3. The van der Waals surface area contributed by atoms with E-state index in [-0.39, 0.29) is 12.6 Å². The molecule has 0 aromatic rings. The molecule has 0 bridgehead atoms. The molecule has 0 aromatic carbocycles. The molecule has 0 aliphatic rings. The van der Waals surface area contributed by atoms with Crippen molar-refractivity contribution in [3.05, 3.63) is 0 Å². The molecule has 0 radical (unpaired) electrons. The molecule has 0 spiro atoms. The van der Waals surface area contributed by atoms with Crippen LogP contribution in [0.1, 0.15) is 20.3 Å². The minimum Gasteiger partial charge on any atom is -0.395 e. The summed E-state index contributed by atoms with van der Waals surface area (Å²) in [5.41, 5.74) is 0. The van der Waals surface area contributed by atoms with E-state index in [9.17, 15) is 13.2 Å². The Morgan fingerprint density at radius 3 is 2.08 bits per heavy atom. The lowest BCUT2D eigenvalue weighted by Crippen LogP contribution is -2.39. The topological polar surface area (TPSA) is 32.3 Å². The highest BCUT2D eigenvalue weighted by molar-refractivity contribution is 4.69. The summed E-state index contributed by atoms with van der Waals surface area (Å²) in [5, 5.41) is 11.2. The van der Waals surface area contributed by atoms with E-state index >= 15 is 0 Å². The molecule has 0 amide bonds. The Morgan fingerprint density at radius 2 is 1.75 bits per heavy atom. The zero-order valence-electron chi connectivity index (χ0n) is 7.15. The van der Waals surface area contributed by atoms with Gasteiger partial charge in [-0.25, -0.2) is 0 Å². The number of rotatable bonds is 4. The molecule has 0 fully saturated rings. The van der Waals surface area contributed by atoms with Gasteiger partial charge in [0.1, 0.15) is 0 Å². The molecule has 0 aliphatic heterocycles. The maximum Gasteiger partial charge on any atom is 0.390 e. The van der Waals surface area contributed by atoms with Gasteiger partial charge in [0.05, 0.1) is 13.0 Å². The first kappa shape index (κ1) is 11.7. The zero-order chi connectivity index (χ0) is 9.78. The average Bonchev–Trinajstić information content (AvgIpc) is 1.82. The van der Waals surface area contributed by atoms with E-state index in [0.29, 0.717) is 0 Å². The number of alkyl halides is 3. The second-order valence-electron chi connectivity index (χ2n) is 2.97. The Bertz CT molecular complexity index is 126. The average molecular weight is 185 g/mol. The van der Waals surface area contributed by atoms with Crippen LogP contribution < -0.4 is 5.32 Å². The van der Waals surface area contributed by atoms with Gasteiger partial charge in [-0.05, 0) is 13.8 Å². The van der Waals surface area contributed by atoms with Crippen LogP contribution in [0.15, 0.2) is 0 Å². The Morgan fingerprint density at radius 1 is 1.25 bits per heavy atom. The third-order valence-corrected chi connectivity index (χ3v) is 1.38. The third kappa shape index (κ3) is 6.42. The summed E-state index contributed by atoms with van der Waals surface area (Å²) in [6.45, 7) is 2.93. The minimum absolute atomic E-state index is 0.151. The van der Waals surface area contributed by atoms with Crippen molar-refractivity contribution in [3.63, 3.8) is 0 Å². The molecule has 0 heterocycles. The third-order valence-electron chi connectivity index (χ3n) is 1.38. The van der Waals surface area contributed by atoms with E-state index in [2.05, 4.69) is 5.32 Å². The Hall–Kier alpha value is -0.290. The van der Waals surface area contributed by atoms with Gasteiger partial charge in [-0.15, -0.1) is 0 Å². The van der Waals surface area contributed by atoms with Gasteiger partial charge >= 0.3 is 6.18 Å². The summed E-state index contributed by atoms with van der Waals surface area (Å²) < 4.78 is 35.3. The van der Waals surface area contributed by atoms with Crippen LogP contribution in [0, 0.1) is 0 Å². The van der Waals surface area contributed by atoms with Crippen molar-refractivity contribution in [2.75, 3.05) is 6.61 Å². The van der Waals surface area contributed by atoms with Crippen molar-refractivity contribution in [2.45, 2.75) is 38.5 Å². The van der Waals surface area contributed by atoms with E-state index in [4.69, 9.17) is 5.11 Å². The standard InChI is InChI=1S/C7H14F3NO/c1-5(3-7(8,9)10)11-6(2)4-12/h5-6,11-12H,3-4H2,1-2H3/t5?,6-/m1/s1. The molecule has 0 saturated heterocycles. The molecule has 2 N–H and O–H groups in total. The van der Waals surface area contributed by atoms with Crippen molar-refractivity contribution in [1.29, 1.82) is 0 Å². The van der Waals surface area contributed by atoms with Crippen LogP contribution >= 0.6 is 0 Å². The molecule has 1 unspecified atom stereocenters. The highest BCUT2D eigenvalue weighted by Gasteiger charge is 2.30. The fourth-order valence-corrected chi connectivity index (χ4v) is 0.945. The van der Waals surface area contributed by atoms with Crippen LogP contribution in [0.3, 0.4) is 0 Å². The van der Waals surface area contributed by atoms with Crippen LogP contribution in [-0.2, 0) is 0 Å². The summed E-state index contributed by atoms with van der Waals surface area (Å²) in [4.78, 5) is 0. The smallest absolute Gasteiger partial charge is 0.390 e. The summed E-state index contributed by atoms with van der Waals surface area (Å²) in [7, 11) is 0. The molecular weight excluding hydrogens is 171 g/mol. The molecule has 0 aromatic heterocycles. The molecule has 2 atom stereocenters. The molecule has 0 saturated carbocycles. The molecule has 2 nitrogen and oxygen atoms in total. The first-order valence-corrected chi connectivity index (χ1v) is 3.79. The molecule has 12 heavy (non-hydrogen) atoms. The number of aliphatic hydroxyl groups is 1. The van der Waals surface area contributed by atoms with Gasteiger partial charge in [-0.3, -0.25) is 0 Å². The SMILES string of the molecule is CC(CC(F)(F)F)N[C@H](C)CO. The monoisotopic (exact) mass is 185 g/mol. The maximum absolute atomic E-state index is 11.8. The summed E-state index contributed by atoms with van der Waals surface area (Å²) in [6, 6.07) is -0.936. The molecule has 0 rings (SSSR count). The summed E-state index contributed by atoms with van der Waals surface area (Å²) >= 11 is 0. The van der Waals surface area contributed by atoms with Crippen LogP contribution in [0.4, 0.5) is 13.2 Å². The van der Waals surface area contributed by atoms with Crippen LogP contribution in [0.25, 0.3) is 0 Å². The summed E-state index contributed by atoms with van der Waals surface area (Å²) in [5.74, 6) is 0. The summed E-state index contributed by atoms with van der Waals surface area (Å²) in [6.07, 6.45) is -5.00. The van der Waals surface area contributed by atoms with Crippen molar-refractivity contribution >= 4 is 0 Å². The molecule has 0 aliphatic carbocycles. The number of hydrogen-bond donors (Lipinski definition) is 2. The van der Waals surface area contributed by atoms with Gasteiger partial charge in [0.15, 0.2) is 0 Å². The molecule has 74 valence electrons. The van der Waals surface area contributed by atoms with Gasteiger partial charge in [0, 0.05) is 12.1 Å². The number of nitrogens with one attached hydrogen (secondary N) is 1. The van der Waals surface area contributed by atoms with Crippen molar-refractivity contribution in [3.8, 4) is 0 Å². The van der Waals surface area contributed by atoms with Crippen molar-refractivity contribution < 1.29 is 18.3 Å². The Balaban J connectivity index is 3.66. The highest BCUT2D eigenvalue weighted by atomic mass is 19.4.